The fraction of sp³-hybridized carbons (Fsp3) is 0.100. The molecule has 3 aromatic carbocycles. The number of ether oxygens (including phenoxy) is 1. The van der Waals surface area contributed by atoms with Crippen LogP contribution in [-0.4, -0.2) is 0 Å². The van der Waals surface area contributed by atoms with Crippen LogP contribution in [0.4, 0.5) is 5.69 Å². The number of nitrogens with one attached hydrogen (secondary N) is 1. The van der Waals surface area contributed by atoms with E-state index in [-0.39, 0.29) is 0 Å². The standard InChI is InChI=1S/C20H17Br2NO/c21-17-7-5-15(6-8-17)14-24-20-4-2-1-3-16(20)13-23-19-11-9-18(22)10-12-19/h1-12,23H,13-14H2. The van der Waals surface area contributed by atoms with Gasteiger partial charge >= 0.3 is 0 Å². The Kier molecular flexibility index (Phi) is 5.94. The zero-order valence-electron chi connectivity index (χ0n) is 13.0. The van der Waals surface area contributed by atoms with Crippen LogP contribution in [0.25, 0.3) is 0 Å². The molecule has 0 saturated heterocycles. The minimum Gasteiger partial charge on any atom is -0.489 e. The molecule has 3 aromatic rings. The van der Waals surface area contributed by atoms with Crippen LogP contribution >= 0.6 is 31.9 Å². The monoisotopic (exact) mass is 445 g/mol. The Morgan fingerprint density at radius 3 is 2.08 bits per heavy atom. The Bertz CT molecular complexity index is 717. The maximum atomic E-state index is 6.01. The summed E-state index contributed by atoms with van der Waals surface area (Å²) >= 11 is 6.90. The van der Waals surface area contributed by atoms with E-state index in [2.05, 4.69) is 67.5 Å². The lowest BCUT2D eigenvalue weighted by molar-refractivity contribution is 0.303. The van der Waals surface area contributed by atoms with Gasteiger partial charge in [-0.2, -0.15) is 0 Å². The summed E-state index contributed by atoms with van der Waals surface area (Å²) in [6.45, 7) is 1.28. The van der Waals surface area contributed by atoms with Crippen molar-refractivity contribution < 1.29 is 4.74 Å². The zero-order chi connectivity index (χ0) is 16.8. The number of anilines is 1. The maximum Gasteiger partial charge on any atom is 0.124 e. The zero-order valence-corrected chi connectivity index (χ0v) is 16.2. The number of hydrogen-bond donors (Lipinski definition) is 1. The van der Waals surface area contributed by atoms with Crippen molar-refractivity contribution in [1.29, 1.82) is 0 Å². The molecule has 0 heterocycles. The van der Waals surface area contributed by atoms with Gasteiger partial charge in [-0.15, -0.1) is 0 Å². The van der Waals surface area contributed by atoms with E-state index in [1.54, 1.807) is 0 Å². The van der Waals surface area contributed by atoms with E-state index in [1.165, 1.54) is 0 Å². The van der Waals surface area contributed by atoms with E-state index in [1.807, 2.05) is 42.5 Å². The van der Waals surface area contributed by atoms with Crippen LogP contribution in [0, 0.1) is 0 Å². The Morgan fingerprint density at radius 1 is 0.750 bits per heavy atom. The average molecular weight is 447 g/mol. The largest absolute Gasteiger partial charge is 0.489 e. The van der Waals surface area contributed by atoms with Gasteiger partial charge in [0, 0.05) is 26.7 Å². The molecule has 0 saturated carbocycles. The first-order valence-corrected chi connectivity index (χ1v) is 9.24. The van der Waals surface area contributed by atoms with Crippen LogP contribution in [0.15, 0.2) is 81.7 Å². The molecule has 0 fully saturated rings. The van der Waals surface area contributed by atoms with Gasteiger partial charge in [0.15, 0.2) is 0 Å². The second-order valence-corrected chi connectivity index (χ2v) is 7.21. The summed E-state index contributed by atoms with van der Waals surface area (Å²) in [5.41, 5.74) is 3.37. The molecule has 0 bridgehead atoms. The molecule has 0 aliphatic carbocycles. The van der Waals surface area contributed by atoms with Crippen molar-refractivity contribution in [1.82, 2.24) is 0 Å². The molecule has 4 heteroatoms. The van der Waals surface area contributed by atoms with Crippen molar-refractivity contribution in [2.45, 2.75) is 13.2 Å². The SMILES string of the molecule is Brc1ccc(COc2ccccc2CNc2ccc(Br)cc2)cc1. The van der Waals surface area contributed by atoms with Crippen LogP contribution in [0.1, 0.15) is 11.1 Å². The summed E-state index contributed by atoms with van der Waals surface area (Å²) in [4.78, 5) is 0. The minimum atomic E-state index is 0.558. The predicted octanol–water partition coefficient (Wildman–Crippen LogP) is 6.40. The third kappa shape index (κ3) is 4.86. The lowest BCUT2D eigenvalue weighted by atomic mass is 10.2. The molecule has 1 N–H and O–H groups in total. The highest BCUT2D eigenvalue weighted by Crippen LogP contribution is 2.22. The highest BCUT2D eigenvalue weighted by molar-refractivity contribution is 9.10. The first-order chi connectivity index (χ1) is 11.7. The van der Waals surface area contributed by atoms with E-state index in [9.17, 15) is 0 Å². The van der Waals surface area contributed by atoms with Crippen molar-refractivity contribution in [2.75, 3.05) is 5.32 Å². The number of para-hydroxylation sites is 1. The smallest absolute Gasteiger partial charge is 0.124 e. The van der Waals surface area contributed by atoms with Gasteiger partial charge < -0.3 is 10.1 Å². The van der Waals surface area contributed by atoms with Gasteiger partial charge in [0.2, 0.25) is 0 Å². The maximum absolute atomic E-state index is 6.01. The van der Waals surface area contributed by atoms with Crippen LogP contribution in [0.5, 0.6) is 5.75 Å². The van der Waals surface area contributed by atoms with E-state index in [4.69, 9.17) is 4.74 Å². The molecule has 0 amide bonds. The molecule has 0 spiro atoms. The third-order valence-electron chi connectivity index (χ3n) is 3.61. The molecule has 0 unspecified atom stereocenters. The molecular weight excluding hydrogens is 430 g/mol. The summed E-state index contributed by atoms with van der Waals surface area (Å²) < 4.78 is 8.16. The van der Waals surface area contributed by atoms with Crippen molar-refractivity contribution in [2.24, 2.45) is 0 Å². The number of hydrogen-bond acceptors (Lipinski definition) is 2. The van der Waals surface area contributed by atoms with E-state index in [0.717, 1.165) is 38.1 Å². The van der Waals surface area contributed by atoms with Crippen LogP contribution in [0.2, 0.25) is 0 Å². The molecule has 3 rings (SSSR count). The van der Waals surface area contributed by atoms with Crippen LogP contribution < -0.4 is 10.1 Å². The molecule has 0 atom stereocenters. The minimum absolute atomic E-state index is 0.558. The van der Waals surface area contributed by atoms with Crippen molar-refractivity contribution in [3.8, 4) is 5.75 Å². The molecule has 0 aliphatic rings. The summed E-state index contributed by atoms with van der Waals surface area (Å²) in [5.74, 6) is 0.907. The molecule has 0 aliphatic heterocycles. The Balaban J connectivity index is 1.64. The Hall–Kier alpha value is -1.78. The Labute approximate surface area is 159 Å². The van der Waals surface area contributed by atoms with Crippen molar-refractivity contribution in [3.05, 3.63) is 92.9 Å². The van der Waals surface area contributed by atoms with Gasteiger partial charge in [-0.05, 0) is 48.0 Å². The van der Waals surface area contributed by atoms with Gasteiger partial charge in [-0.3, -0.25) is 0 Å². The summed E-state index contributed by atoms with van der Waals surface area (Å²) in [6.07, 6.45) is 0. The number of rotatable bonds is 6. The van der Waals surface area contributed by atoms with Gasteiger partial charge in [0.05, 0.1) is 0 Å². The molecule has 0 radical (unpaired) electrons. The van der Waals surface area contributed by atoms with Crippen molar-refractivity contribution in [3.63, 3.8) is 0 Å². The van der Waals surface area contributed by atoms with Crippen LogP contribution in [0.3, 0.4) is 0 Å². The molecule has 0 aromatic heterocycles. The normalized spacial score (nSPS) is 10.4. The van der Waals surface area contributed by atoms with Gasteiger partial charge in [0.1, 0.15) is 12.4 Å². The highest BCUT2D eigenvalue weighted by atomic mass is 79.9. The number of halogens is 2. The summed E-state index contributed by atoms with van der Waals surface area (Å²) in [7, 11) is 0. The summed E-state index contributed by atoms with van der Waals surface area (Å²) in [6, 6.07) is 24.5. The lowest BCUT2D eigenvalue weighted by Gasteiger charge is -2.13. The molecule has 122 valence electrons. The van der Waals surface area contributed by atoms with E-state index < -0.39 is 0 Å². The number of benzene rings is 3. The first-order valence-electron chi connectivity index (χ1n) is 7.65. The first kappa shape index (κ1) is 17.1. The van der Waals surface area contributed by atoms with Crippen molar-refractivity contribution >= 4 is 37.5 Å². The van der Waals surface area contributed by atoms with E-state index >= 15 is 0 Å². The topological polar surface area (TPSA) is 21.3 Å². The molecule has 24 heavy (non-hydrogen) atoms. The third-order valence-corrected chi connectivity index (χ3v) is 4.66. The highest BCUT2D eigenvalue weighted by Gasteiger charge is 2.04. The second-order valence-electron chi connectivity index (χ2n) is 5.38. The van der Waals surface area contributed by atoms with E-state index in [0.29, 0.717) is 6.61 Å². The average Bonchev–Trinajstić information content (AvgIpc) is 2.61. The lowest BCUT2D eigenvalue weighted by Crippen LogP contribution is -2.03. The quantitative estimate of drug-likeness (QED) is 0.472. The van der Waals surface area contributed by atoms with Gasteiger partial charge in [-0.1, -0.05) is 62.2 Å². The fourth-order valence-corrected chi connectivity index (χ4v) is 2.83. The Morgan fingerprint density at radius 2 is 1.38 bits per heavy atom. The molecule has 2 nitrogen and oxygen atoms in total. The fourth-order valence-electron chi connectivity index (χ4n) is 2.30. The predicted molar refractivity (Wildman–Crippen MR) is 106 cm³/mol. The molecular formula is C20H17Br2NO. The van der Waals surface area contributed by atoms with Gasteiger partial charge in [-0.25, -0.2) is 0 Å². The summed E-state index contributed by atoms with van der Waals surface area (Å²) in [5, 5.41) is 3.43. The van der Waals surface area contributed by atoms with Gasteiger partial charge in [0.25, 0.3) is 0 Å². The van der Waals surface area contributed by atoms with Crippen LogP contribution in [-0.2, 0) is 13.2 Å². The second kappa shape index (κ2) is 8.36.